The molecule has 0 spiro atoms. The summed E-state index contributed by atoms with van der Waals surface area (Å²) in [4.78, 5) is 5.75. The molecule has 1 aromatic rings. The van der Waals surface area contributed by atoms with Crippen LogP contribution in [-0.2, 0) is 4.74 Å². The molecule has 1 aliphatic rings. The maximum atomic E-state index is 5.88. The third-order valence-electron chi connectivity index (χ3n) is 2.77. The van der Waals surface area contributed by atoms with Crippen molar-refractivity contribution in [1.82, 2.24) is 4.98 Å². The Morgan fingerprint density at radius 1 is 1.53 bits per heavy atom. The first-order valence-corrected chi connectivity index (χ1v) is 6.28. The lowest BCUT2D eigenvalue weighted by molar-refractivity contribution is 0.0553. The van der Waals surface area contributed by atoms with Crippen molar-refractivity contribution in [1.29, 1.82) is 0 Å². The smallest absolute Gasteiger partial charge is 0.122 e. The summed E-state index contributed by atoms with van der Waals surface area (Å²) in [5.74, 6) is 0. The van der Waals surface area contributed by atoms with E-state index < -0.39 is 0 Å². The quantitative estimate of drug-likeness (QED) is 0.843. The SMILES string of the molecule is Cc1nc(C2CCC(C)O2)sc1C(C)N. The molecule has 0 radical (unpaired) electrons. The van der Waals surface area contributed by atoms with Crippen molar-refractivity contribution in [2.75, 3.05) is 0 Å². The Balaban J connectivity index is 2.19. The Hall–Kier alpha value is -0.450. The third kappa shape index (κ3) is 2.22. The first-order valence-electron chi connectivity index (χ1n) is 5.46. The van der Waals surface area contributed by atoms with E-state index in [0.29, 0.717) is 6.10 Å². The number of hydrogen-bond acceptors (Lipinski definition) is 4. The van der Waals surface area contributed by atoms with Gasteiger partial charge in [0.25, 0.3) is 0 Å². The van der Waals surface area contributed by atoms with Crippen LogP contribution in [0.25, 0.3) is 0 Å². The van der Waals surface area contributed by atoms with E-state index >= 15 is 0 Å². The van der Waals surface area contributed by atoms with Gasteiger partial charge in [0, 0.05) is 10.9 Å². The van der Waals surface area contributed by atoms with Crippen molar-refractivity contribution in [3.63, 3.8) is 0 Å². The minimum atomic E-state index is 0.0788. The molecule has 15 heavy (non-hydrogen) atoms. The first kappa shape index (κ1) is 11.0. The molecule has 2 N–H and O–H groups in total. The van der Waals surface area contributed by atoms with Gasteiger partial charge in [0.15, 0.2) is 0 Å². The van der Waals surface area contributed by atoms with Gasteiger partial charge in [-0.05, 0) is 33.6 Å². The second kappa shape index (κ2) is 4.20. The van der Waals surface area contributed by atoms with Gasteiger partial charge in [0.05, 0.1) is 11.8 Å². The van der Waals surface area contributed by atoms with Crippen molar-refractivity contribution in [3.05, 3.63) is 15.6 Å². The summed E-state index contributed by atoms with van der Waals surface area (Å²) in [6.07, 6.45) is 2.80. The zero-order chi connectivity index (χ0) is 11.0. The van der Waals surface area contributed by atoms with Gasteiger partial charge in [-0.1, -0.05) is 0 Å². The number of thiazole rings is 1. The van der Waals surface area contributed by atoms with Gasteiger partial charge in [0.1, 0.15) is 11.1 Å². The van der Waals surface area contributed by atoms with E-state index in [-0.39, 0.29) is 12.1 Å². The molecular weight excluding hydrogens is 208 g/mol. The molecule has 0 aliphatic carbocycles. The second-order valence-corrected chi connectivity index (χ2v) is 5.37. The minimum absolute atomic E-state index is 0.0788. The Morgan fingerprint density at radius 2 is 2.27 bits per heavy atom. The van der Waals surface area contributed by atoms with E-state index in [1.54, 1.807) is 11.3 Å². The number of aryl methyl sites for hydroxylation is 1. The summed E-state index contributed by atoms with van der Waals surface area (Å²) < 4.78 is 5.80. The molecule has 1 aromatic heterocycles. The lowest BCUT2D eigenvalue weighted by Crippen LogP contribution is -2.03. The number of rotatable bonds is 2. The average Bonchev–Trinajstić information content (AvgIpc) is 2.71. The van der Waals surface area contributed by atoms with Crippen molar-refractivity contribution in [3.8, 4) is 0 Å². The highest BCUT2D eigenvalue weighted by atomic mass is 32.1. The second-order valence-electron chi connectivity index (χ2n) is 4.30. The largest absolute Gasteiger partial charge is 0.368 e. The van der Waals surface area contributed by atoms with Crippen LogP contribution in [0.15, 0.2) is 0 Å². The molecule has 1 saturated heterocycles. The fourth-order valence-electron chi connectivity index (χ4n) is 1.97. The molecule has 0 amide bonds. The van der Waals surface area contributed by atoms with E-state index in [1.807, 2.05) is 13.8 Å². The minimum Gasteiger partial charge on any atom is -0.368 e. The van der Waals surface area contributed by atoms with Crippen molar-refractivity contribution < 1.29 is 4.74 Å². The number of hydrogen-bond donors (Lipinski definition) is 1. The summed E-state index contributed by atoms with van der Waals surface area (Å²) in [6.45, 7) is 6.15. The summed E-state index contributed by atoms with van der Waals surface area (Å²) in [5, 5.41) is 1.10. The molecule has 0 aromatic carbocycles. The van der Waals surface area contributed by atoms with Gasteiger partial charge in [-0.3, -0.25) is 0 Å². The van der Waals surface area contributed by atoms with Gasteiger partial charge >= 0.3 is 0 Å². The molecule has 3 atom stereocenters. The van der Waals surface area contributed by atoms with E-state index in [9.17, 15) is 0 Å². The molecule has 3 unspecified atom stereocenters. The topological polar surface area (TPSA) is 48.1 Å². The van der Waals surface area contributed by atoms with Gasteiger partial charge in [0.2, 0.25) is 0 Å². The maximum Gasteiger partial charge on any atom is 0.122 e. The van der Waals surface area contributed by atoms with Crippen molar-refractivity contribution in [2.45, 2.75) is 51.9 Å². The lowest BCUT2D eigenvalue weighted by atomic mass is 10.2. The van der Waals surface area contributed by atoms with Crippen LogP contribution in [0.5, 0.6) is 0 Å². The Labute approximate surface area is 94.7 Å². The maximum absolute atomic E-state index is 5.88. The van der Waals surface area contributed by atoms with Crippen LogP contribution < -0.4 is 5.73 Å². The molecule has 2 rings (SSSR count). The van der Waals surface area contributed by atoms with Crippen LogP contribution in [0.4, 0.5) is 0 Å². The van der Waals surface area contributed by atoms with Crippen LogP contribution in [0, 0.1) is 6.92 Å². The highest BCUT2D eigenvalue weighted by Crippen LogP contribution is 2.36. The highest BCUT2D eigenvalue weighted by Gasteiger charge is 2.27. The first-order chi connectivity index (χ1) is 7.08. The summed E-state index contributed by atoms with van der Waals surface area (Å²) in [5.41, 5.74) is 6.95. The zero-order valence-corrected chi connectivity index (χ0v) is 10.3. The fourth-order valence-corrected chi connectivity index (χ4v) is 3.07. The van der Waals surface area contributed by atoms with Gasteiger partial charge in [-0.2, -0.15) is 0 Å². The van der Waals surface area contributed by atoms with E-state index in [4.69, 9.17) is 10.5 Å². The van der Waals surface area contributed by atoms with E-state index in [1.165, 1.54) is 4.88 Å². The number of aromatic nitrogens is 1. The fraction of sp³-hybridized carbons (Fsp3) is 0.727. The molecule has 0 bridgehead atoms. The predicted molar refractivity (Wildman–Crippen MR) is 62.0 cm³/mol. The monoisotopic (exact) mass is 226 g/mol. The number of nitrogens with two attached hydrogens (primary N) is 1. The summed E-state index contributed by atoms with van der Waals surface area (Å²) in [6, 6.07) is 0.0788. The average molecular weight is 226 g/mol. The third-order valence-corrected chi connectivity index (χ3v) is 4.22. The molecule has 0 saturated carbocycles. The Morgan fingerprint density at radius 3 is 2.73 bits per heavy atom. The summed E-state index contributed by atoms with van der Waals surface area (Å²) >= 11 is 1.71. The van der Waals surface area contributed by atoms with Gasteiger partial charge in [-0.25, -0.2) is 4.98 Å². The zero-order valence-electron chi connectivity index (χ0n) is 9.49. The van der Waals surface area contributed by atoms with E-state index in [0.717, 1.165) is 23.5 Å². The van der Waals surface area contributed by atoms with Crippen LogP contribution in [0.3, 0.4) is 0 Å². The van der Waals surface area contributed by atoms with Crippen LogP contribution in [0.2, 0.25) is 0 Å². The lowest BCUT2D eigenvalue weighted by Gasteiger charge is -2.06. The normalized spacial score (nSPS) is 28.3. The predicted octanol–water partition coefficient (Wildman–Crippen LogP) is 2.71. The number of ether oxygens (including phenoxy) is 1. The molecule has 4 heteroatoms. The summed E-state index contributed by atoms with van der Waals surface area (Å²) in [7, 11) is 0. The van der Waals surface area contributed by atoms with Crippen LogP contribution >= 0.6 is 11.3 Å². The molecule has 1 fully saturated rings. The molecule has 84 valence electrons. The van der Waals surface area contributed by atoms with E-state index in [2.05, 4.69) is 11.9 Å². The molecule has 2 heterocycles. The number of nitrogens with zero attached hydrogens (tertiary/aromatic N) is 1. The van der Waals surface area contributed by atoms with Gasteiger partial charge in [-0.15, -0.1) is 11.3 Å². The highest BCUT2D eigenvalue weighted by molar-refractivity contribution is 7.11. The van der Waals surface area contributed by atoms with Crippen molar-refractivity contribution in [2.24, 2.45) is 5.73 Å². The van der Waals surface area contributed by atoms with Crippen LogP contribution in [0.1, 0.15) is 54.4 Å². The van der Waals surface area contributed by atoms with Crippen LogP contribution in [-0.4, -0.2) is 11.1 Å². The van der Waals surface area contributed by atoms with Gasteiger partial charge < -0.3 is 10.5 Å². The molecular formula is C11H18N2OS. The standard InChI is InChI=1S/C11H18N2OS/c1-6-4-5-9(14-6)11-13-8(3)10(15-11)7(2)12/h6-7,9H,4-5,12H2,1-3H3. The Bertz CT molecular complexity index is 348. The molecule has 1 aliphatic heterocycles. The molecule has 3 nitrogen and oxygen atoms in total. The van der Waals surface area contributed by atoms with Crippen molar-refractivity contribution >= 4 is 11.3 Å². The Kier molecular flexibility index (Phi) is 3.09.